The fraction of sp³-hybridized carbons (Fsp3) is 0.375. The number of nitrogens with one attached hydrogen (secondary N) is 1. The molecule has 0 saturated carbocycles. The molecule has 1 atom stereocenters. The molecular weight excluding hydrogens is 286 g/mol. The number of rotatable bonds is 10. The lowest BCUT2D eigenvalue weighted by atomic mass is 10.1. The number of carboxylic acid groups (broad SMARTS) is 1. The van der Waals surface area contributed by atoms with Crippen LogP contribution < -0.4 is 10.1 Å². The summed E-state index contributed by atoms with van der Waals surface area (Å²) >= 11 is 0. The second-order valence-corrected chi connectivity index (χ2v) is 4.64. The highest BCUT2D eigenvalue weighted by molar-refractivity contribution is 5.83. The third-order valence-corrected chi connectivity index (χ3v) is 2.93. The quantitative estimate of drug-likeness (QED) is 0.504. The lowest BCUT2D eigenvalue weighted by Gasteiger charge is -2.14. The van der Waals surface area contributed by atoms with Crippen molar-refractivity contribution in [1.82, 2.24) is 5.32 Å². The van der Waals surface area contributed by atoms with Crippen LogP contribution in [0.15, 0.2) is 36.9 Å². The summed E-state index contributed by atoms with van der Waals surface area (Å²) in [6, 6.07) is 6.33. The smallest absolute Gasteiger partial charge is 0.328 e. The van der Waals surface area contributed by atoms with Gasteiger partial charge in [-0.2, -0.15) is 0 Å². The largest absolute Gasteiger partial charge is 0.497 e. The molecule has 0 aliphatic heterocycles. The molecule has 0 spiro atoms. The number of hydrogen-bond donors (Lipinski definition) is 2. The van der Waals surface area contributed by atoms with Gasteiger partial charge in [0.2, 0.25) is 5.91 Å². The van der Waals surface area contributed by atoms with Gasteiger partial charge in [-0.1, -0.05) is 18.2 Å². The Bertz CT molecular complexity index is 515. The number of carboxylic acids is 1. The minimum Gasteiger partial charge on any atom is -0.497 e. The molecule has 1 unspecified atom stereocenters. The Morgan fingerprint density at radius 1 is 1.45 bits per heavy atom. The van der Waals surface area contributed by atoms with Crippen LogP contribution in [0.4, 0.5) is 0 Å². The Morgan fingerprint density at radius 3 is 2.86 bits per heavy atom. The van der Waals surface area contributed by atoms with E-state index in [1.165, 1.54) is 6.08 Å². The summed E-state index contributed by atoms with van der Waals surface area (Å²) in [6.07, 6.45) is 2.21. The maximum atomic E-state index is 11.8. The number of benzene rings is 1. The van der Waals surface area contributed by atoms with Crippen molar-refractivity contribution in [2.75, 3.05) is 20.3 Å². The lowest BCUT2D eigenvalue weighted by Crippen LogP contribution is -2.44. The number of amides is 1. The fourth-order valence-corrected chi connectivity index (χ4v) is 1.80. The first kappa shape index (κ1) is 17.7. The highest BCUT2D eigenvalue weighted by Crippen LogP contribution is 2.13. The summed E-state index contributed by atoms with van der Waals surface area (Å²) in [4.78, 5) is 22.9. The van der Waals surface area contributed by atoms with E-state index in [9.17, 15) is 9.59 Å². The van der Waals surface area contributed by atoms with Crippen molar-refractivity contribution < 1.29 is 24.2 Å². The van der Waals surface area contributed by atoms with Gasteiger partial charge in [0, 0.05) is 6.42 Å². The summed E-state index contributed by atoms with van der Waals surface area (Å²) < 4.78 is 10.2. The second kappa shape index (κ2) is 9.57. The van der Waals surface area contributed by atoms with Crippen molar-refractivity contribution in [2.45, 2.75) is 18.9 Å². The molecule has 0 aliphatic carbocycles. The Kier molecular flexibility index (Phi) is 7.70. The maximum absolute atomic E-state index is 11.8. The molecule has 6 heteroatoms. The number of aliphatic carboxylic acids is 1. The molecule has 6 nitrogen and oxygen atoms in total. The molecule has 22 heavy (non-hydrogen) atoms. The molecule has 120 valence electrons. The molecule has 0 fully saturated rings. The highest BCUT2D eigenvalue weighted by Gasteiger charge is 2.19. The van der Waals surface area contributed by atoms with Gasteiger partial charge in [0.05, 0.1) is 20.3 Å². The zero-order chi connectivity index (χ0) is 16.4. The topological polar surface area (TPSA) is 84.9 Å². The van der Waals surface area contributed by atoms with Gasteiger partial charge in [-0.25, -0.2) is 4.79 Å². The SMILES string of the molecule is C=CCOCC(NC(=O)CCc1cccc(OC)c1)C(=O)O. The van der Waals surface area contributed by atoms with Crippen molar-refractivity contribution in [3.8, 4) is 5.75 Å². The van der Waals surface area contributed by atoms with Crippen LogP contribution in [0.1, 0.15) is 12.0 Å². The summed E-state index contributed by atoms with van der Waals surface area (Å²) in [5, 5.41) is 11.5. The number of carbonyl (C=O) groups excluding carboxylic acids is 1. The molecule has 1 rings (SSSR count). The van der Waals surface area contributed by atoms with Gasteiger partial charge in [0.1, 0.15) is 5.75 Å². The van der Waals surface area contributed by atoms with E-state index >= 15 is 0 Å². The van der Waals surface area contributed by atoms with Crippen molar-refractivity contribution in [2.24, 2.45) is 0 Å². The molecule has 1 aromatic carbocycles. The molecule has 0 heterocycles. The zero-order valence-electron chi connectivity index (χ0n) is 12.6. The van der Waals surface area contributed by atoms with Crippen LogP contribution in [0.3, 0.4) is 0 Å². The molecule has 1 aromatic rings. The van der Waals surface area contributed by atoms with Gasteiger partial charge in [-0.3, -0.25) is 4.79 Å². The minimum atomic E-state index is -1.13. The van der Waals surface area contributed by atoms with Gasteiger partial charge in [-0.15, -0.1) is 6.58 Å². The van der Waals surface area contributed by atoms with E-state index in [1.807, 2.05) is 24.3 Å². The van der Waals surface area contributed by atoms with E-state index in [2.05, 4.69) is 11.9 Å². The van der Waals surface area contributed by atoms with E-state index < -0.39 is 12.0 Å². The Morgan fingerprint density at radius 2 is 2.23 bits per heavy atom. The minimum absolute atomic E-state index is 0.0910. The fourth-order valence-electron chi connectivity index (χ4n) is 1.80. The van der Waals surface area contributed by atoms with Crippen molar-refractivity contribution in [1.29, 1.82) is 0 Å². The van der Waals surface area contributed by atoms with E-state index in [4.69, 9.17) is 14.6 Å². The highest BCUT2D eigenvalue weighted by atomic mass is 16.5. The Hall–Kier alpha value is -2.34. The number of carbonyl (C=O) groups is 2. The average molecular weight is 307 g/mol. The second-order valence-electron chi connectivity index (χ2n) is 4.64. The summed E-state index contributed by atoms with van der Waals surface area (Å²) in [7, 11) is 1.58. The van der Waals surface area contributed by atoms with E-state index in [1.54, 1.807) is 7.11 Å². The summed E-state index contributed by atoms with van der Waals surface area (Å²) in [5.74, 6) is -0.740. The average Bonchev–Trinajstić information content (AvgIpc) is 2.52. The molecular formula is C16H21NO5. The van der Waals surface area contributed by atoms with Gasteiger partial charge in [-0.05, 0) is 24.1 Å². The number of aryl methyl sites for hydroxylation is 1. The van der Waals surface area contributed by atoms with Crippen LogP contribution >= 0.6 is 0 Å². The third-order valence-electron chi connectivity index (χ3n) is 2.93. The van der Waals surface area contributed by atoms with E-state index in [0.29, 0.717) is 6.42 Å². The molecule has 0 aliphatic rings. The summed E-state index contributed by atoms with van der Waals surface area (Å²) in [5.41, 5.74) is 0.948. The molecule has 0 saturated heterocycles. The van der Waals surface area contributed by atoms with Crippen LogP contribution in [-0.2, 0) is 20.7 Å². The normalized spacial score (nSPS) is 11.5. The lowest BCUT2D eigenvalue weighted by molar-refractivity contribution is -0.143. The first-order valence-electron chi connectivity index (χ1n) is 6.90. The number of ether oxygens (including phenoxy) is 2. The predicted octanol–water partition coefficient (Wildman–Crippen LogP) is 1.40. The van der Waals surface area contributed by atoms with E-state index in [0.717, 1.165) is 11.3 Å². The molecule has 2 N–H and O–H groups in total. The molecule has 0 bridgehead atoms. The monoisotopic (exact) mass is 307 g/mol. The number of hydrogen-bond acceptors (Lipinski definition) is 4. The van der Waals surface area contributed by atoms with Gasteiger partial charge in [0.25, 0.3) is 0 Å². The third kappa shape index (κ3) is 6.41. The first-order chi connectivity index (χ1) is 10.6. The van der Waals surface area contributed by atoms with Crippen molar-refractivity contribution in [3.63, 3.8) is 0 Å². The predicted molar refractivity (Wildman–Crippen MR) is 81.9 cm³/mol. The van der Waals surface area contributed by atoms with Crippen LogP contribution in [0.25, 0.3) is 0 Å². The summed E-state index contributed by atoms with van der Waals surface area (Å²) in [6.45, 7) is 3.62. The molecule has 1 amide bonds. The zero-order valence-corrected chi connectivity index (χ0v) is 12.6. The van der Waals surface area contributed by atoms with Crippen LogP contribution in [-0.4, -0.2) is 43.3 Å². The number of methoxy groups -OCH3 is 1. The van der Waals surface area contributed by atoms with Crippen LogP contribution in [0.5, 0.6) is 5.75 Å². The molecule has 0 aromatic heterocycles. The molecule has 0 radical (unpaired) electrons. The van der Waals surface area contributed by atoms with Gasteiger partial charge in [0.15, 0.2) is 6.04 Å². The Balaban J connectivity index is 2.45. The van der Waals surface area contributed by atoms with Crippen molar-refractivity contribution >= 4 is 11.9 Å². The standard InChI is InChI=1S/C16H21NO5/c1-3-9-22-11-14(16(19)20)17-15(18)8-7-12-5-4-6-13(10-12)21-2/h3-6,10,14H,1,7-9,11H2,2H3,(H,17,18)(H,19,20). The maximum Gasteiger partial charge on any atom is 0.328 e. The van der Waals surface area contributed by atoms with Gasteiger partial charge >= 0.3 is 5.97 Å². The Labute approximate surface area is 129 Å². The first-order valence-corrected chi connectivity index (χ1v) is 6.90. The van der Waals surface area contributed by atoms with Crippen LogP contribution in [0, 0.1) is 0 Å². The van der Waals surface area contributed by atoms with Crippen molar-refractivity contribution in [3.05, 3.63) is 42.5 Å². The van der Waals surface area contributed by atoms with Crippen LogP contribution in [0.2, 0.25) is 0 Å². The van der Waals surface area contributed by atoms with E-state index in [-0.39, 0.29) is 25.5 Å². The van der Waals surface area contributed by atoms with Gasteiger partial charge < -0.3 is 19.9 Å².